The van der Waals surface area contributed by atoms with E-state index in [9.17, 15) is 4.79 Å². The number of hydrogen-bond donors (Lipinski definition) is 2. The van der Waals surface area contributed by atoms with Crippen molar-refractivity contribution in [1.29, 1.82) is 0 Å². The lowest BCUT2D eigenvalue weighted by Crippen LogP contribution is -2.29. The van der Waals surface area contributed by atoms with Crippen molar-refractivity contribution in [2.75, 3.05) is 18.9 Å². The first kappa shape index (κ1) is 16.3. The number of nitrogens with one attached hydrogen (secondary N) is 1. The van der Waals surface area contributed by atoms with Gasteiger partial charge in [-0.1, -0.05) is 51.2 Å². The first-order valence-electron chi connectivity index (χ1n) is 7.48. The molecule has 4 heteroatoms. The molecule has 0 atom stereocenters. The van der Waals surface area contributed by atoms with Crippen LogP contribution in [0.1, 0.15) is 45.4 Å². The van der Waals surface area contributed by atoms with Gasteiger partial charge in [0.2, 0.25) is 0 Å². The lowest BCUT2D eigenvalue weighted by Gasteiger charge is -2.09. The maximum Gasteiger partial charge on any atom is 0.257 e. The smallest absolute Gasteiger partial charge is 0.257 e. The van der Waals surface area contributed by atoms with E-state index in [4.69, 9.17) is 10.5 Å². The third-order valence-electron chi connectivity index (χ3n) is 3.13. The van der Waals surface area contributed by atoms with Crippen LogP contribution in [0.3, 0.4) is 0 Å². The van der Waals surface area contributed by atoms with Gasteiger partial charge in [0.1, 0.15) is 5.75 Å². The molecule has 0 saturated carbocycles. The third-order valence-corrected chi connectivity index (χ3v) is 3.13. The summed E-state index contributed by atoms with van der Waals surface area (Å²) in [6.45, 7) is 2.95. The monoisotopic (exact) mass is 278 g/mol. The van der Waals surface area contributed by atoms with Crippen molar-refractivity contribution in [2.24, 2.45) is 0 Å². The summed E-state index contributed by atoms with van der Waals surface area (Å²) < 4.78 is 5.37. The van der Waals surface area contributed by atoms with Crippen molar-refractivity contribution in [1.82, 2.24) is 5.32 Å². The topological polar surface area (TPSA) is 64.3 Å². The Balaban J connectivity index is 2.05. The maximum atomic E-state index is 11.6. The normalized spacial score (nSPS) is 10.2. The Kier molecular flexibility index (Phi) is 8.27. The van der Waals surface area contributed by atoms with Gasteiger partial charge in [-0.2, -0.15) is 0 Å². The Morgan fingerprint density at radius 2 is 1.85 bits per heavy atom. The fourth-order valence-electron chi connectivity index (χ4n) is 1.94. The molecule has 1 amide bonds. The van der Waals surface area contributed by atoms with Gasteiger partial charge in [0, 0.05) is 6.54 Å². The highest BCUT2D eigenvalue weighted by Gasteiger charge is 2.03. The summed E-state index contributed by atoms with van der Waals surface area (Å²) in [6.07, 6.45) is 7.31. The highest BCUT2D eigenvalue weighted by Crippen LogP contribution is 2.19. The SMILES string of the molecule is CCCCCCCCNC(=O)COc1ccccc1N. The largest absolute Gasteiger partial charge is 0.482 e. The number of para-hydroxylation sites is 2. The average Bonchev–Trinajstić information content (AvgIpc) is 2.45. The molecule has 1 aromatic rings. The van der Waals surface area contributed by atoms with Crippen LogP contribution in [0.25, 0.3) is 0 Å². The minimum absolute atomic E-state index is 0.0179. The molecule has 1 rings (SSSR count). The maximum absolute atomic E-state index is 11.6. The zero-order chi connectivity index (χ0) is 14.6. The highest BCUT2D eigenvalue weighted by molar-refractivity contribution is 5.77. The van der Waals surface area contributed by atoms with Crippen molar-refractivity contribution >= 4 is 11.6 Å². The van der Waals surface area contributed by atoms with Crippen molar-refractivity contribution in [3.8, 4) is 5.75 Å². The fraction of sp³-hybridized carbons (Fsp3) is 0.562. The van der Waals surface area contributed by atoms with Gasteiger partial charge < -0.3 is 15.8 Å². The number of rotatable bonds is 10. The summed E-state index contributed by atoms with van der Waals surface area (Å²) >= 11 is 0. The lowest BCUT2D eigenvalue weighted by molar-refractivity contribution is -0.123. The summed E-state index contributed by atoms with van der Waals surface area (Å²) in [6, 6.07) is 7.18. The molecule has 112 valence electrons. The number of nitrogen functional groups attached to an aromatic ring is 1. The Morgan fingerprint density at radius 3 is 2.60 bits per heavy atom. The van der Waals surface area contributed by atoms with Gasteiger partial charge in [-0.05, 0) is 18.6 Å². The fourth-order valence-corrected chi connectivity index (χ4v) is 1.94. The zero-order valence-electron chi connectivity index (χ0n) is 12.4. The van der Waals surface area contributed by atoms with E-state index in [0.29, 0.717) is 11.4 Å². The number of unbranched alkanes of at least 4 members (excludes halogenated alkanes) is 5. The Bertz CT molecular complexity index is 394. The van der Waals surface area contributed by atoms with E-state index in [2.05, 4.69) is 12.2 Å². The second-order valence-electron chi connectivity index (χ2n) is 4.94. The lowest BCUT2D eigenvalue weighted by atomic mass is 10.1. The van der Waals surface area contributed by atoms with Crippen LogP contribution in [0, 0.1) is 0 Å². The molecular formula is C16H26N2O2. The van der Waals surface area contributed by atoms with E-state index in [1.54, 1.807) is 12.1 Å². The number of hydrogen-bond acceptors (Lipinski definition) is 3. The van der Waals surface area contributed by atoms with Gasteiger partial charge in [0.25, 0.3) is 5.91 Å². The number of nitrogens with two attached hydrogens (primary N) is 1. The van der Waals surface area contributed by atoms with Gasteiger partial charge in [0.05, 0.1) is 5.69 Å². The molecule has 0 heterocycles. The molecule has 0 fully saturated rings. The third kappa shape index (κ3) is 7.02. The van der Waals surface area contributed by atoms with Crippen LogP contribution in [-0.4, -0.2) is 19.1 Å². The molecular weight excluding hydrogens is 252 g/mol. The molecule has 0 saturated heterocycles. The predicted octanol–water partition coefficient (Wildman–Crippen LogP) is 3.12. The van der Waals surface area contributed by atoms with Crippen molar-refractivity contribution in [3.63, 3.8) is 0 Å². The Labute approximate surface area is 121 Å². The van der Waals surface area contributed by atoms with E-state index < -0.39 is 0 Å². The summed E-state index contributed by atoms with van der Waals surface area (Å²) in [5, 5.41) is 2.86. The minimum Gasteiger partial charge on any atom is -0.482 e. The van der Waals surface area contributed by atoms with Crippen LogP contribution >= 0.6 is 0 Å². The molecule has 20 heavy (non-hydrogen) atoms. The van der Waals surface area contributed by atoms with Crippen molar-refractivity contribution in [2.45, 2.75) is 45.4 Å². The van der Waals surface area contributed by atoms with Crippen LogP contribution in [0.4, 0.5) is 5.69 Å². The summed E-state index contributed by atoms with van der Waals surface area (Å²) in [4.78, 5) is 11.6. The summed E-state index contributed by atoms with van der Waals surface area (Å²) in [5.41, 5.74) is 6.28. The number of ether oxygens (including phenoxy) is 1. The van der Waals surface area contributed by atoms with Crippen LogP contribution in [-0.2, 0) is 4.79 Å². The summed E-state index contributed by atoms with van der Waals surface area (Å²) in [5.74, 6) is 0.462. The van der Waals surface area contributed by atoms with Crippen LogP contribution in [0.15, 0.2) is 24.3 Å². The molecule has 0 bridgehead atoms. The molecule has 0 spiro atoms. The number of carbonyl (C=O) groups excluding carboxylic acids is 1. The van der Waals surface area contributed by atoms with Gasteiger partial charge in [-0.25, -0.2) is 0 Å². The standard InChI is InChI=1S/C16H26N2O2/c1-2-3-4-5-6-9-12-18-16(19)13-20-15-11-8-7-10-14(15)17/h7-8,10-11H,2-6,9,12-13,17H2,1H3,(H,18,19). The van der Waals surface area contributed by atoms with E-state index in [1.165, 1.54) is 32.1 Å². The molecule has 0 aromatic heterocycles. The average molecular weight is 278 g/mol. The van der Waals surface area contributed by atoms with Gasteiger partial charge in [-0.3, -0.25) is 4.79 Å². The van der Waals surface area contributed by atoms with E-state index in [-0.39, 0.29) is 12.5 Å². The highest BCUT2D eigenvalue weighted by atomic mass is 16.5. The minimum atomic E-state index is -0.0955. The molecule has 0 aliphatic carbocycles. The van der Waals surface area contributed by atoms with Crippen LogP contribution < -0.4 is 15.8 Å². The van der Waals surface area contributed by atoms with E-state index in [1.807, 2.05) is 12.1 Å². The predicted molar refractivity (Wildman–Crippen MR) is 82.7 cm³/mol. The van der Waals surface area contributed by atoms with Crippen molar-refractivity contribution in [3.05, 3.63) is 24.3 Å². The van der Waals surface area contributed by atoms with Gasteiger partial charge >= 0.3 is 0 Å². The van der Waals surface area contributed by atoms with Crippen molar-refractivity contribution < 1.29 is 9.53 Å². The Hall–Kier alpha value is -1.71. The molecule has 0 aliphatic rings. The van der Waals surface area contributed by atoms with E-state index >= 15 is 0 Å². The molecule has 0 radical (unpaired) electrons. The summed E-state index contributed by atoms with van der Waals surface area (Å²) in [7, 11) is 0. The van der Waals surface area contributed by atoms with Gasteiger partial charge in [0.15, 0.2) is 6.61 Å². The second-order valence-corrected chi connectivity index (χ2v) is 4.94. The Morgan fingerprint density at radius 1 is 1.15 bits per heavy atom. The molecule has 3 N–H and O–H groups in total. The first-order valence-corrected chi connectivity index (χ1v) is 7.48. The second kappa shape index (κ2) is 10.1. The number of benzene rings is 1. The number of amides is 1. The van der Waals surface area contributed by atoms with Crippen LogP contribution in [0.5, 0.6) is 5.75 Å². The number of anilines is 1. The van der Waals surface area contributed by atoms with E-state index in [0.717, 1.165) is 13.0 Å². The van der Waals surface area contributed by atoms with Gasteiger partial charge in [-0.15, -0.1) is 0 Å². The van der Waals surface area contributed by atoms with Crippen LogP contribution in [0.2, 0.25) is 0 Å². The zero-order valence-corrected chi connectivity index (χ0v) is 12.4. The number of carbonyl (C=O) groups is 1. The quantitative estimate of drug-likeness (QED) is 0.510. The molecule has 0 unspecified atom stereocenters. The molecule has 1 aromatic carbocycles. The first-order chi connectivity index (χ1) is 9.74. The molecule has 0 aliphatic heterocycles. The molecule has 4 nitrogen and oxygen atoms in total.